The van der Waals surface area contributed by atoms with Crippen molar-refractivity contribution in [3.8, 4) is 0 Å². The highest BCUT2D eigenvalue weighted by molar-refractivity contribution is 5.75. The van der Waals surface area contributed by atoms with Gasteiger partial charge < -0.3 is 20.2 Å². The Morgan fingerprint density at radius 3 is 2.88 bits per heavy atom. The lowest BCUT2D eigenvalue weighted by Gasteiger charge is -2.21. The summed E-state index contributed by atoms with van der Waals surface area (Å²) in [5, 5.41) is 15.9. The molecule has 0 spiro atoms. The Labute approximate surface area is 139 Å². The van der Waals surface area contributed by atoms with Gasteiger partial charge in [0.15, 0.2) is 0 Å². The molecule has 0 saturated heterocycles. The van der Waals surface area contributed by atoms with Crippen molar-refractivity contribution in [2.75, 3.05) is 6.54 Å². The summed E-state index contributed by atoms with van der Waals surface area (Å²) in [5.74, 6) is 0.974. The first-order valence-corrected chi connectivity index (χ1v) is 7.94. The minimum atomic E-state index is -1.28. The van der Waals surface area contributed by atoms with Crippen LogP contribution in [-0.4, -0.2) is 23.7 Å². The molecule has 3 atom stereocenters. The second-order valence-electron chi connectivity index (χ2n) is 6.51. The van der Waals surface area contributed by atoms with Crippen LogP contribution in [0.3, 0.4) is 0 Å². The molecular weight excluding hydrogens is 311 g/mol. The van der Waals surface area contributed by atoms with Gasteiger partial charge in [0.1, 0.15) is 22.9 Å². The fraction of sp³-hybridized carbons (Fsp3) is 0.389. The number of hydrogen-bond donors (Lipinski definition) is 3. The first-order chi connectivity index (χ1) is 11.3. The Morgan fingerprint density at radius 2 is 2.21 bits per heavy atom. The van der Waals surface area contributed by atoms with E-state index in [9.17, 15) is 14.3 Å². The third kappa shape index (κ3) is 3.76. The van der Waals surface area contributed by atoms with E-state index in [2.05, 4.69) is 10.6 Å². The zero-order chi connectivity index (χ0) is 17.3. The van der Waals surface area contributed by atoms with Crippen LogP contribution in [0.2, 0.25) is 0 Å². The van der Waals surface area contributed by atoms with Crippen LogP contribution >= 0.6 is 0 Å². The number of carbonyl (C=O) groups is 1. The summed E-state index contributed by atoms with van der Waals surface area (Å²) in [7, 11) is 0. The van der Waals surface area contributed by atoms with Crippen LogP contribution in [0.4, 0.5) is 9.18 Å². The Bertz CT molecular complexity index is 741. The average molecular weight is 332 g/mol. The lowest BCUT2D eigenvalue weighted by atomic mass is 10.0. The molecule has 0 unspecified atom stereocenters. The van der Waals surface area contributed by atoms with E-state index in [0.29, 0.717) is 11.5 Å². The number of carbonyl (C=O) groups excluding carboxylic acids is 1. The third-order valence-electron chi connectivity index (χ3n) is 4.25. The van der Waals surface area contributed by atoms with Gasteiger partial charge in [0.25, 0.3) is 0 Å². The number of halogens is 1. The minimum Gasteiger partial charge on any atom is -0.463 e. The van der Waals surface area contributed by atoms with Gasteiger partial charge in [-0.1, -0.05) is 12.1 Å². The maximum atomic E-state index is 13.2. The Morgan fingerprint density at radius 1 is 1.42 bits per heavy atom. The van der Waals surface area contributed by atoms with E-state index < -0.39 is 5.60 Å². The van der Waals surface area contributed by atoms with Gasteiger partial charge in [-0.3, -0.25) is 0 Å². The number of nitrogens with one attached hydrogen (secondary N) is 2. The highest BCUT2D eigenvalue weighted by Crippen LogP contribution is 2.40. The van der Waals surface area contributed by atoms with Crippen LogP contribution in [-0.2, 0) is 5.60 Å². The quantitative estimate of drug-likeness (QED) is 0.788. The number of amides is 2. The molecule has 1 heterocycles. The molecule has 0 bridgehead atoms. The summed E-state index contributed by atoms with van der Waals surface area (Å²) in [6.45, 7) is 3.40. The van der Waals surface area contributed by atoms with Crippen LogP contribution in [0.5, 0.6) is 0 Å². The zero-order valence-corrected chi connectivity index (χ0v) is 13.7. The normalized spacial score (nSPS) is 21.8. The van der Waals surface area contributed by atoms with Crippen molar-refractivity contribution < 1.29 is 18.7 Å². The van der Waals surface area contributed by atoms with Crippen molar-refractivity contribution in [1.82, 2.24) is 10.6 Å². The van der Waals surface area contributed by atoms with E-state index in [1.165, 1.54) is 12.1 Å². The maximum absolute atomic E-state index is 13.2. The average Bonchev–Trinajstić information content (AvgIpc) is 3.14. The third-order valence-corrected chi connectivity index (χ3v) is 4.25. The summed E-state index contributed by atoms with van der Waals surface area (Å²) in [6.07, 6.45) is 0.782. The van der Waals surface area contributed by atoms with Gasteiger partial charge in [0, 0.05) is 12.0 Å². The molecule has 1 fully saturated rings. The standard InChI is InChI=1S/C18H21FN2O3/c1-11-6-7-16(24-11)18(2,23)10-20-17(22)21-15-9-14(15)12-4-3-5-13(19)8-12/h3-8,14-15,23H,9-10H2,1-2H3,(H2,20,21,22)/t14-,15+,18+/m0/s1. The smallest absolute Gasteiger partial charge is 0.315 e. The second-order valence-corrected chi connectivity index (χ2v) is 6.51. The number of benzene rings is 1. The predicted octanol–water partition coefficient (Wildman–Crippen LogP) is 2.79. The van der Waals surface area contributed by atoms with Crippen LogP contribution < -0.4 is 10.6 Å². The second kappa shape index (κ2) is 6.28. The SMILES string of the molecule is Cc1ccc([C@](C)(O)CNC(=O)N[C@@H]2C[C@H]2c2cccc(F)c2)o1. The maximum Gasteiger partial charge on any atom is 0.315 e. The molecule has 2 aromatic rings. The van der Waals surface area contributed by atoms with Crippen LogP contribution in [0, 0.1) is 12.7 Å². The molecule has 5 nitrogen and oxygen atoms in total. The topological polar surface area (TPSA) is 74.5 Å². The lowest BCUT2D eigenvalue weighted by molar-refractivity contribution is 0.0359. The Balaban J connectivity index is 1.49. The monoisotopic (exact) mass is 332 g/mol. The zero-order valence-electron chi connectivity index (χ0n) is 13.7. The number of hydrogen-bond acceptors (Lipinski definition) is 3. The van der Waals surface area contributed by atoms with Gasteiger partial charge in [-0.25, -0.2) is 9.18 Å². The van der Waals surface area contributed by atoms with E-state index in [1.807, 2.05) is 6.07 Å². The molecular formula is C18H21FN2O3. The molecule has 1 saturated carbocycles. The van der Waals surface area contributed by atoms with Gasteiger partial charge in [-0.2, -0.15) is 0 Å². The molecule has 24 heavy (non-hydrogen) atoms. The van der Waals surface area contributed by atoms with Crippen molar-refractivity contribution in [3.05, 3.63) is 59.3 Å². The first kappa shape index (κ1) is 16.5. The van der Waals surface area contributed by atoms with Gasteiger partial charge in [0.05, 0.1) is 6.54 Å². The van der Waals surface area contributed by atoms with E-state index in [4.69, 9.17) is 4.42 Å². The van der Waals surface area contributed by atoms with Crippen molar-refractivity contribution in [2.24, 2.45) is 0 Å². The number of aryl methyl sites for hydroxylation is 1. The van der Waals surface area contributed by atoms with Crippen molar-refractivity contribution in [3.63, 3.8) is 0 Å². The van der Waals surface area contributed by atoms with E-state index in [1.54, 1.807) is 32.0 Å². The fourth-order valence-corrected chi connectivity index (χ4v) is 2.74. The Kier molecular flexibility index (Phi) is 4.32. The molecule has 0 aliphatic heterocycles. The van der Waals surface area contributed by atoms with Crippen LogP contribution in [0.1, 0.15) is 36.3 Å². The van der Waals surface area contributed by atoms with E-state index in [-0.39, 0.29) is 30.4 Å². The number of aliphatic hydroxyl groups is 1. The highest BCUT2D eigenvalue weighted by Gasteiger charge is 2.40. The van der Waals surface area contributed by atoms with Gasteiger partial charge in [-0.05, 0) is 50.1 Å². The molecule has 1 aromatic carbocycles. The lowest BCUT2D eigenvalue weighted by Crippen LogP contribution is -2.44. The molecule has 1 aliphatic rings. The molecule has 2 amide bonds. The number of urea groups is 1. The van der Waals surface area contributed by atoms with Gasteiger partial charge >= 0.3 is 6.03 Å². The van der Waals surface area contributed by atoms with Gasteiger partial charge in [0.2, 0.25) is 0 Å². The minimum absolute atomic E-state index is 0.0115. The first-order valence-electron chi connectivity index (χ1n) is 7.94. The molecule has 0 radical (unpaired) electrons. The summed E-state index contributed by atoms with van der Waals surface area (Å²) < 4.78 is 18.6. The van der Waals surface area contributed by atoms with Crippen LogP contribution in [0.25, 0.3) is 0 Å². The molecule has 6 heteroatoms. The molecule has 3 N–H and O–H groups in total. The van der Waals surface area contributed by atoms with Crippen molar-refractivity contribution in [2.45, 2.75) is 37.8 Å². The molecule has 3 rings (SSSR count). The van der Waals surface area contributed by atoms with E-state index >= 15 is 0 Å². The number of furan rings is 1. The van der Waals surface area contributed by atoms with Crippen molar-refractivity contribution >= 4 is 6.03 Å². The molecule has 128 valence electrons. The highest BCUT2D eigenvalue weighted by atomic mass is 19.1. The van der Waals surface area contributed by atoms with E-state index in [0.717, 1.165) is 12.0 Å². The summed E-state index contributed by atoms with van der Waals surface area (Å²) in [4.78, 5) is 12.0. The van der Waals surface area contributed by atoms with Crippen LogP contribution in [0.15, 0.2) is 40.8 Å². The van der Waals surface area contributed by atoms with Gasteiger partial charge in [-0.15, -0.1) is 0 Å². The Hall–Kier alpha value is -2.34. The summed E-state index contributed by atoms with van der Waals surface area (Å²) in [5.41, 5.74) is -0.393. The fourth-order valence-electron chi connectivity index (χ4n) is 2.74. The molecule has 1 aliphatic carbocycles. The summed E-state index contributed by atoms with van der Waals surface area (Å²) >= 11 is 0. The van der Waals surface area contributed by atoms with Crippen molar-refractivity contribution in [1.29, 1.82) is 0 Å². The summed E-state index contributed by atoms with van der Waals surface area (Å²) in [6, 6.07) is 9.51. The molecule has 1 aromatic heterocycles. The number of rotatable bonds is 5. The largest absolute Gasteiger partial charge is 0.463 e. The predicted molar refractivity (Wildman–Crippen MR) is 87.1 cm³/mol.